The molecule has 1 aromatic heterocycles. The maximum absolute atomic E-state index is 12.3. The predicted molar refractivity (Wildman–Crippen MR) is 85.1 cm³/mol. The zero-order valence-corrected chi connectivity index (χ0v) is 14.4. The van der Waals surface area contributed by atoms with Gasteiger partial charge in [0, 0.05) is 30.6 Å². The first-order valence-corrected chi connectivity index (χ1v) is 9.56. The molecule has 2 heterocycles. The van der Waals surface area contributed by atoms with Gasteiger partial charge in [-0.15, -0.1) is 11.3 Å². The van der Waals surface area contributed by atoms with Crippen LogP contribution in [0.15, 0.2) is 16.3 Å². The summed E-state index contributed by atoms with van der Waals surface area (Å²) in [5.41, 5.74) is -0.369. The lowest BCUT2D eigenvalue weighted by atomic mass is 10.0. The monoisotopic (exact) mass is 332 g/mol. The number of ether oxygens (including phenoxy) is 1. The van der Waals surface area contributed by atoms with Gasteiger partial charge in [0.1, 0.15) is 4.21 Å². The minimum atomic E-state index is -3.44. The molecule has 1 aliphatic rings. The number of thiophene rings is 1. The summed E-state index contributed by atoms with van der Waals surface area (Å²) in [6.07, 6.45) is 1.88. The Balaban J connectivity index is 1.96. The van der Waals surface area contributed by atoms with E-state index >= 15 is 0 Å². The highest BCUT2D eigenvalue weighted by Gasteiger charge is 2.31. The largest absolute Gasteiger partial charge is 0.374 e. The Bertz CT molecular complexity index is 561. The first kappa shape index (κ1) is 16.9. The lowest BCUT2D eigenvalue weighted by molar-refractivity contribution is 0.0250. The Morgan fingerprint density at radius 3 is 2.81 bits per heavy atom. The standard InChI is InChI=1S/C14H24N2O3S2/c1-11(2)15-9-12-5-6-13(20-12)21(17,18)16-10-14(3)7-4-8-19-14/h5-6,11,15-16H,4,7-10H2,1-3H3. The van der Waals surface area contributed by atoms with Crippen LogP contribution in [0.1, 0.15) is 38.5 Å². The van der Waals surface area contributed by atoms with Gasteiger partial charge in [-0.05, 0) is 31.9 Å². The van der Waals surface area contributed by atoms with Crippen molar-refractivity contribution in [1.29, 1.82) is 0 Å². The van der Waals surface area contributed by atoms with Gasteiger partial charge in [0.2, 0.25) is 10.0 Å². The fraction of sp³-hybridized carbons (Fsp3) is 0.714. The van der Waals surface area contributed by atoms with E-state index < -0.39 is 10.0 Å². The molecule has 0 amide bonds. The second kappa shape index (κ2) is 6.75. The molecule has 0 radical (unpaired) electrons. The Kier molecular flexibility index (Phi) is 5.43. The van der Waals surface area contributed by atoms with Gasteiger partial charge in [-0.1, -0.05) is 13.8 Å². The van der Waals surface area contributed by atoms with Crippen LogP contribution < -0.4 is 10.0 Å². The summed E-state index contributed by atoms with van der Waals surface area (Å²) in [6.45, 7) is 7.81. The highest BCUT2D eigenvalue weighted by molar-refractivity contribution is 7.91. The highest BCUT2D eigenvalue weighted by atomic mass is 32.2. The molecule has 7 heteroatoms. The van der Waals surface area contributed by atoms with E-state index in [1.54, 1.807) is 6.07 Å². The molecule has 0 bridgehead atoms. The van der Waals surface area contributed by atoms with Crippen molar-refractivity contribution in [2.75, 3.05) is 13.2 Å². The molecule has 21 heavy (non-hydrogen) atoms. The molecule has 2 rings (SSSR count). The Morgan fingerprint density at radius 1 is 1.43 bits per heavy atom. The van der Waals surface area contributed by atoms with Gasteiger partial charge in [0.05, 0.1) is 5.60 Å². The van der Waals surface area contributed by atoms with Crippen molar-refractivity contribution in [1.82, 2.24) is 10.0 Å². The van der Waals surface area contributed by atoms with E-state index in [1.807, 2.05) is 13.0 Å². The van der Waals surface area contributed by atoms with Gasteiger partial charge in [-0.2, -0.15) is 0 Å². The van der Waals surface area contributed by atoms with E-state index in [-0.39, 0.29) is 5.60 Å². The van der Waals surface area contributed by atoms with E-state index in [1.165, 1.54) is 11.3 Å². The van der Waals surface area contributed by atoms with E-state index in [9.17, 15) is 8.42 Å². The average molecular weight is 332 g/mol. The summed E-state index contributed by atoms with van der Waals surface area (Å²) in [5, 5.41) is 3.28. The first-order valence-electron chi connectivity index (χ1n) is 7.26. The number of rotatable bonds is 7. The second-order valence-electron chi connectivity index (χ2n) is 5.98. The van der Waals surface area contributed by atoms with Crippen molar-refractivity contribution in [3.63, 3.8) is 0 Å². The zero-order valence-electron chi connectivity index (χ0n) is 12.8. The normalized spacial score (nSPS) is 23.0. The van der Waals surface area contributed by atoms with E-state index in [2.05, 4.69) is 23.9 Å². The molecule has 2 N–H and O–H groups in total. The molecule has 1 fully saturated rings. The molecule has 0 spiro atoms. The molecule has 5 nitrogen and oxygen atoms in total. The summed E-state index contributed by atoms with van der Waals surface area (Å²) in [7, 11) is -3.44. The van der Waals surface area contributed by atoms with Gasteiger partial charge < -0.3 is 10.1 Å². The average Bonchev–Trinajstić information content (AvgIpc) is 3.04. The van der Waals surface area contributed by atoms with Crippen LogP contribution in [0.4, 0.5) is 0 Å². The summed E-state index contributed by atoms with van der Waals surface area (Å²) in [4.78, 5) is 1.02. The van der Waals surface area contributed by atoms with Gasteiger partial charge in [-0.3, -0.25) is 0 Å². The molecular formula is C14H24N2O3S2. The van der Waals surface area contributed by atoms with Crippen molar-refractivity contribution in [2.24, 2.45) is 0 Å². The van der Waals surface area contributed by atoms with Gasteiger partial charge in [-0.25, -0.2) is 13.1 Å². The molecule has 1 atom stereocenters. The number of sulfonamides is 1. The van der Waals surface area contributed by atoms with Crippen molar-refractivity contribution < 1.29 is 13.2 Å². The van der Waals surface area contributed by atoms with Crippen LogP contribution >= 0.6 is 11.3 Å². The molecule has 1 aromatic rings. The Labute approximate surface area is 131 Å². The summed E-state index contributed by atoms with van der Waals surface area (Å²) in [6, 6.07) is 3.91. The molecule has 0 saturated carbocycles. The topological polar surface area (TPSA) is 67.4 Å². The third kappa shape index (κ3) is 4.75. The van der Waals surface area contributed by atoms with E-state index in [4.69, 9.17) is 4.74 Å². The summed E-state index contributed by atoms with van der Waals surface area (Å²) >= 11 is 1.31. The lowest BCUT2D eigenvalue weighted by Gasteiger charge is -2.22. The van der Waals surface area contributed by atoms with Crippen LogP contribution in [-0.2, 0) is 21.3 Å². The molecule has 120 valence electrons. The number of hydrogen-bond donors (Lipinski definition) is 2. The molecular weight excluding hydrogens is 308 g/mol. The van der Waals surface area contributed by atoms with Crippen LogP contribution in [0, 0.1) is 0 Å². The SMILES string of the molecule is CC(C)NCc1ccc(S(=O)(=O)NCC2(C)CCCO2)s1. The third-order valence-corrected chi connectivity index (χ3v) is 6.50. The minimum Gasteiger partial charge on any atom is -0.374 e. The molecule has 0 aliphatic carbocycles. The smallest absolute Gasteiger partial charge is 0.250 e. The number of hydrogen-bond acceptors (Lipinski definition) is 5. The fourth-order valence-electron chi connectivity index (χ4n) is 2.20. The quantitative estimate of drug-likeness (QED) is 0.802. The van der Waals surface area contributed by atoms with Gasteiger partial charge >= 0.3 is 0 Å². The molecule has 1 unspecified atom stereocenters. The Hall–Kier alpha value is -0.470. The minimum absolute atomic E-state index is 0.326. The summed E-state index contributed by atoms with van der Waals surface area (Å²) < 4.78 is 33.3. The lowest BCUT2D eigenvalue weighted by Crippen LogP contribution is -2.39. The van der Waals surface area contributed by atoms with Crippen LogP contribution in [0.2, 0.25) is 0 Å². The van der Waals surface area contributed by atoms with E-state index in [0.29, 0.717) is 29.9 Å². The van der Waals surface area contributed by atoms with Crippen LogP contribution in [-0.4, -0.2) is 33.2 Å². The first-order chi connectivity index (χ1) is 9.81. The second-order valence-corrected chi connectivity index (χ2v) is 9.14. The van der Waals surface area contributed by atoms with Gasteiger partial charge in [0.25, 0.3) is 0 Å². The highest BCUT2D eigenvalue weighted by Crippen LogP contribution is 2.26. The molecule has 1 saturated heterocycles. The summed E-state index contributed by atoms with van der Waals surface area (Å²) in [5.74, 6) is 0. The van der Waals surface area contributed by atoms with Crippen molar-refractivity contribution >= 4 is 21.4 Å². The van der Waals surface area contributed by atoms with Crippen LogP contribution in [0.25, 0.3) is 0 Å². The van der Waals surface area contributed by atoms with Crippen molar-refractivity contribution in [3.05, 3.63) is 17.0 Å². The molecule has 1 aliphatic heterocycles. The number of nitrogens with one attached hydrogen (secondary N) is 2. The third-order valence-electron chi connectivity index (χ3n) is 3.52. The van der Waals surface area contributed by atoms with Gasteiger partial charge in [0.15, 0.2) is 0 Å². The van der Waals surface area contributed by atoms with Crippen molar-refractivity contribution in [3.8, 4) is 0 Å². The zero-order chi connectivity index (χ0) is 15.5. The maximum Gasteiger partial charge on any atom is 0.250 e. The van der Waals surface area contributed by atoms with Crippen LogP contribution in [0.5, 0.6) is 0 Å². The van der Waals surface area contributed by atoms with Crippen molar-refractivity contribution in [2.45, 2.75) is 56.0 Å². The van der Waals surface area contributed by atoms with Crippen LogP contribution in [0.3, 0.4) is 0 Å². The predicted octanol–water partition coefficient (Wildman–Crippen LogP) is 2.09. The van der Waals surface area contributed by atoms with E-state index in [0.717, 1.165) is 17.7 Å². The maximum atomic E-state index is 12.3. The molecule has 0 aromatic carbocycles. The fourth-order valence-corrected chi connectivity index (χ4v) is 4.71. The Morgan fingerprint density at radius 2 is 2.19 bits per heavy atom.